The molecule has 22 heavy (non-hydrogen) atoms. The lowest BCUT2D eigenvalue weighted by atomic mass is 9.70. The molecule has 0 radical (unpaired) electrons. The fourth-order valence-corrected chi connectivity index (χ4v) is 4.84. The van der Waals surface area contributed by atoms with Crippen molar-refractivity contribution in [3.05, 3.63) is 0 Å². The van der Waals surface area contributed by atoms with Crippen LogP contribution in [0.3, 0.4) is 0 Å². The molecule has 2 nitrogen and oxygen atoms in total. The van der Waals surface area contributed by atoms with Crippen LogP contribution < -0.4 is 0 Å². The van der Waals surface area contributed by atoms with E-state index in [-0.39, 0.29) is 0 Å². The third-order valence-corrected chi connectivity index (χ3v) is 6.18. The maximum absolute atomic E-state index is 2.77. The van der Waals surface area contributed by atoms with Gasteiger partial charge in [0.05, 0.1) is 0 Å². The summed E-state index contributed by atoms with van der Waals surface area (Å²) in [5.74, 6) is 2.67. The van der Waals surface area contributed by atoms with Gasteiger partial charge in [-0.25, -0.2) is 0 Å². The molecule has 2 aliphatic heterocycles. The van der Waals surface area contributed by atoms with Gasteiger partial charge in [-0.2, -0.15) is 0 Å². The Hall–Kier alpha value is -0.0800. The van der Waals surface area contributed by atoms with E-state index in [1.54, 1.807) is 0 Å². The minimum atomic E-state index is 0.352. The van der Waals surface area contributed by atoms with Crippen molar-refractivity contribution in [3.63, 3.8) is 0 Å². The maximum Gasteiger partial charge on any atom is 0.0125 e. The second-order valence-electron chi connectivity index (χ2n) is 10.1. The molecule has 2 heterocycles. The lowest BCUT2D eigenvalue weighted by molar-refractivity contribution is 0.0337. The number of likely N-dealkylation sites (tertiary alicyclic amines) is 2. The van der Waals surface area contributed by atoms with Gasteiger partial charge in [-0.3, -0.25) is 4.90 Å². The van der Waals surface area contributed by atoms with Crippen molar-refractivity contribution >= 4 is 0 Å². The number of piperidine rings is 2. The van der Waals surface area contributed by atoms with Crippen LogP contribution in [0.25, 0.3) is 0 Å². The topological polar surface area (TPSA) is 6.48 Å². The second-order valence-corrected chi connectivity index (χ2v) is 10.1. The van der Waals surface area contributed by atoms with Crippen LogP contribution in [0.1, 0.15) is 67.7 Å². The Labute approximate surface area is 139 Å². The molecule has 0 amide bonds. The highest BCUT2D eigenvalue weighted by atomic mass is 15.2. The Morgan fingerprint density at radius 1 is 0.864 bits per heavy atom. The Morgan fingerprint density at radius 3 is 1.91 bits per heavy atom. The predicted octanol–water partition coefficient (Wildman–Crippen LogP) is 4.50. The monoisotopic (exact) mass is 308 g/mol. The van der Waals surface area contributed by atoms with Gasteiger partial charge in [0.25, 0.3) is 0 Å². The van der Waals surface area contributed by atoms with Crippen molar-refractivity contribution in [2.24, 2.45) is 23.2 Å². The van der Waals surface area contributed by atoms with Gasteiger partial charge in [-0.05, 0) is 82.8 Å². The molecule has 2 fully saturated rings. The first-order chi connectivity index (χ1) is 10.1. The summed E-state index contributed by atoms with van der Waals surface area (Å²) in [4.78, 5) is 5.43. The number of hydrogen-bond donors (Lipinski definition) is 0. The molecule has 0 aromatic carbocycles. The van der Waals surface area contributed by atoms with E-state index in [4.69, 9.17) is 0 Å². The van der Waals surface area contributed by atoms with E-state index in [0.29, 0.717) is 11.0 Å². The van der Waals surface area contributed by atoms with Gasteiger partial charge in [0.2, 0.25) is 0 Å². The smallest absolute Gasteiger partial charge is 0.0125 e. The average Bonchev–Trinajstić information content (AvgIpc) is 2.36. The zero-order valence-corrected chi connectivity index (χ0v) is 16.3. The summed E-state index contributed by atoms with van der Waals surface area (Å²) in [5.41, 5.74) is 0.827. The van der Waals surface area contributed by atoms with Gasteiger partial charge in [-0.1, -0.05) is 27.7 Å². The Balaban J connectivity index is 1.77. The Bertz CT molecular complexity index is 342. The number of rotatable bonds is 2. The normalized spacial score (nSPS) is 30.7. The lowest BCUT2D eigenvalue weighted by Gasteiger charge is -2.46. The van der Waals surface area contributed by atoms with E-state index in [1.807, 2.05) is 0 Å². The van der Waals surface area contributed by atoms with E-state index >= 15 is 0 Å². The van der Waals surface area contributed by atoms with E-state index in [0.717, 1.165) is 17.8 Å². The SMILES string of the molecule is CC1CN(CC2CCN(C(C)(C)C)CC2)CCC1C(C)(C)C. The summed E-state index contributed by atoms with van der Waals surface area (Å²) < 4.78 is 0. The zero-order chi connectivity index (χ0) is 16.5. The second kappa shape index (κ2) is 6.81. The highest BCUT2D eigenvalue weighted by Crippen LogP contribution is 2.38. The molecule has 0 spiro atoms. The first-order valence-electron chi connectivity index (χ1n) is 9.55. The van der Waals surface area contributed by atoms with Crippen molar-refractivity contribution in [1.82, 2.24) is 9.80 Å². The summed E-state index contributed by atoms with van der Waals surface area (Å²) in [6.07, 6.45) is 4.18. The minimum absolute atomic E-state index is 0.352. The van der Waals surface area contributed by atoms with Crippen LogP contribution in [-0.4, -0.2) is 48.1 Å². The van der Waals surface area contributed by atoms with Crippen LogP contribution in [0.5, 0.6) is 0 Å². The zero-order valence-electron chi connectivity index (χ0n) is 16.3. The molecule has 0 N–H and O–H groups in total. The van der Waals surface area contributed by atoms with Crippen LogP contribution in [0.2, 0.25) is 0 Å². The standard InChI is InChI=1S/C20H40N2/c1-16-14-21(11-10-18(16)19(2,3)4)15-17-8-12-22(13-9-17)20(5,6)7/h16-18H,8-15H2,1-7H3. The van der Waals surface area contributed by atoms with Gasteiger partial charge in [-0.15, -0.1) is 0 Å². The maximum atomic E-state index is 2.77. The van der Waals surface area contributed by atoms with Crippen LogP contribution in [0.4, 0.5) is 0 Å². The van der Waals surface area contributed by atoms with E-state index in [2.05, 4.69) is 58.3 Å². The molecular weight excluding hydrogens is 268 g/mol. The molecule has 0 saturated carbocycles. The molecule has 2 atom stereocenters. The summed E-state index contributed by atoms with van der Waals surface area (Å²) in [7, 11) is 0. The van der Waals surface area contributed by atoms with Crippen molar-refractivity contribution in [2.75, 3.05) is 32.7 Å². The van der Waals surface area contributed by atoms with Crippen molar-refractivity contribution in [1.29, 1.82) is 0 Å². The quantitative estimate of drug-likeness (QED) is 0.741. The van der Waals surface area contributed by atoms with Gasteiger partial charge < -0.3 is 4.90 Å². The summed E-state index contributed by atoms with van der Waals surface area (Å²) >= 11 is 0. The van der Waals surface area contributed by atoms with Crippen molar-refractivity contribution < 1.29 is 0 Å². The predicted molar refractivity (Wildman–Crippen MR) is 97.2 cm³/mol. The van der Waals surface area contributed by atoms with Crippen LogP contribution in [-0.2, 0) is 0 Å². The third kappa shape index (κ3) is 4.71. The fraction of sp³-hybridized carbons (Fsp3) is 1.00. The fourth-order valence-electron chi connectivity index (χ4n) is 4.84. The van der Waals surface area contributed by atoms with Crippen LogP contribution in [0, 0.1) is 23.2 Å². The summed E-state index contributed by atoms with van der Waals surface area (Å²) in [6, 6.07) is 0. The first kappa shape index (κ1) is 18.3. The molecule has 2 saturated heterocycles. The largest absolute Gasteiger partial charge is 0.303 e. The number of nitrogens with zero attached hydrogens (tertiary/aromatic N) is 2. The molecule has 0 aromatic heterocycles. The van der Waals surface area contributed by atoms with E-state index in [9.17, 15) is 0 Å². The molecule has 2 rings (SSSR count). The molecule has 0 aromatic rings. The average molecular weight is 309 g/mol. The molecule has 0 aliphatic carbocycles. The lowest BCUT2D eigenvalue weighted by Crippen LogP contribution is -2.49. The molecular formula is C20H40N2. The minimum Gasteiger partial charge on any atom is -0.303 e. The summed E-state index contributed by atoms with van der Waals surface area (Å²) in [5, 5.41) is 0. The molecule has 2 unspecified atom stereocenters. The van der Waals surface area contributed by atoms with Crippen molar-refractivity contribution in [3.8, 4) is 0 Å². The van der Waals surface area contributed by atoms with Crippen LogP contribution >= 0.6 is 0 Å². The highest BCUT2D eigenvalue weighted by Gasteiger charge is 2.35. The van der Waals surface area contributed by atoms with E-state index in [1.165, 1.54) is 52.0 Å². The third-order valence-electron chi connectivity index (χ3n) is 6.18. The molecule has 2 heteroatoms. The van der Waals surface area contributed by atoms with Crippen molar-refractivity contribution in [2.45, 2.75) is 73.3 Å². The summed E-state index contributed by atoms with van der Waals surface area (Å²) in [6.45, 7) is 23.4. The van der Waals surface area contributed by atoms with Gasteiger partial charge in [0, 0.05) is 18.6 Å². The number of hydrogen-bond acceptors (Lipinski definition) is 2. The van der Waals surface area contributed by atoms with E-state index < -0.39 is 0 Å². The molecule has 0 bridgehead atoms. The van der Waals surface area contributed by atoms with Crippen LogP contribution in [0.15, 0.2) is 0 Å². The highest BCUT2D eigenvalue weighted by molar-refractivity contribution is 4.87. The van der Waals surface area contributed by atoms with Gasteiger partial charge >= 0.3 is 0 Å². The van der Waals surface area contributed by atoms with Gasteiger partial charge in [0.1, 0.15) is 0 Å². The Kier molecular flexibility index (Phi) is 5.65. The first-order valence-corrected chi connectivity index (χ1v) is 9.55. The van der Waals surface area contributed by atoms with Gasteiger partial charge in [0.15, 0.2) is 0 Å². The molecule has 130 valence electrons. The molecule has 2 aliphatic rings. The Morgan fingerprint density at radius 2 is 1.45 bits per heavy atom.